The molecule has 0 aromatic heterocycles. The first-order chi connectivity index (χ1) is 10.2. The SMILES string of the molecule is CCCC1OC(C2CCCCC2)=C(C(=O)OC)C=C1CC. The molecule has 3 nitrogen and oxygen atoms in total. The molecule has 1 heterocycles. The van der Waals surface area contributed by atoms with Crippen molar-refractivity contribution >= 4 is 5.97 Å². The van der Waals surface area contributed by atoms with Crippen LogP contribution in [0.25, 0.3) is 0 Å². The summed E-state index contributed by atoms with van der Waals surface area (Å²) in [4.78, 5) is 12.1. The van der Waals surface area contributed by atoms with E-state index in [4.69, 9.17) is 9.47 Å². The molecule has 1 fully saturated rings. The number of methoxy groups -OCH3 is 1. The average molecular weight is 292 g/mol. The molecule has 1 atom stereocenters. The topological polar surface area (TPSA) is 35.5 Å². The Balaban J connectivity index is 2.33. The Morgan fingerprint density at radius 2 is 2.00 bits per heavy atom. The molecule has 0 radical (unpaired) electrons. The van der Waals surface area contributed by atoms with Crippen LogP contribution in [0.15, 0.2) is 23.0 Å². The highest BCUT2D eigenvalue weighted by atomic mass is 16.5. The van der Waals surface area contributed by atoms with Gasteiger partial charge in [0.15, 0.2) is 0 Å². The van der Waals surface area contributed by atoms with Gasteiger partial charge in [0.1, 0.15) is 11.9 Å². The van der Waals surface area contributed by atoms with Crippen LogP contribution in [0, 0.1) is 5.92 Å². The highest BCUT2D eigenvalue weighted by Gasteiger charge is 2.32. The predicted octanol–water partition coefficient (Wildman–Crippen LogP) is 4.53. The minimum atomic E-state index is -0.253. The molecular formula is C18H28O3. The molecule has 1 unspecified atom stereocenters. The van der Waals surface area contributed by atoms with Gasteiger partial charge in [-0.2, -0.15) is 0 Å². The van der Waals surface area contributed by atoms with E-state index in [-0.39, 0.29) is 12.1 Å². The Labute approximate surface area is 128 Å². The van der Waals surface area contributed by atoms with E-state index in [2.05, 4.69) is 13.8 Å². The van der Waals surface area contributed by atoms with Gasteiger partial charge in [-0.25, -0.2) is 4.79 Å². The quantitative estimate of drug-likeness (QED) is 0.698. The van der Waals surface area contributed by atoms with E-state index in [9.17, 15) is 4.79 Å². The second-order valence-electron chi connectivity index (χ2n) is 6.07. The number of ether oxygens (including phenoxy) is 2. The lowest BCUT2D eigenvalue weighted by atomic mass is 9.84. The molecule has 1 aliphatic carbocycles. The van der Waals surface area contributed by atoms with Crippen molar-refractivity contribution in [1.29, 1.82) is 0 Å². The first kappa shape index (κ1) is 16.1. The van der Waals surface area contributed by atoms with Crippen LogP contribution in [0.3, 0.4) is 0 Å². The Morgan fingerprint density at radius 1 is 1.29 bits per heavy atom. The summed E-state index contributed by atoms with van der Waals surface area (Å²) >= 11 is 0. The zero-order chi connectivity index (χ0) is 15.2. The van der Waals surface area contributed by atoms with Crippen molar-refractivity contribution in [3.8, 4) is 0 Å². The molecule has 0 spiro atoms. The van der Waals surface area contributed by atoms with E-state index < -0.39 is 0 Å². The van der Waals surface area contributed by atoms with Gasteiger partial charge in [0.05, 0.1) is 12.7 Å². The minimum absolute atomic E-state index is 0.144. The number of hydrogen-bond acceptors (Lipinski definition) is 3. The first-order valence-corrected chi connectivity index (χ1v) is 8.40. The van der Waals surface area contributed by atoms with Crippen LogP contribution in [0.5, 0.6) is 0 Å². The van der Waals surface area contributed by atoms with Crippen LogP contribution in [0.2, 0.25) is 0 Å². The second kappa shape index (κ2) is 7.67. The lowest BCUT2D eigenvalue weighted by molar-refractivity contribution is -0.136. The lowest BCUT2D eigenvalue weighted by Gasteiger charge is -2.33. The minimum Gasteiger partial charge on any atom is -0.489 e. The van der Waals surface area contributed by atoms with Crippen LogP contribution in [-0.2, 0) is 14.3 Å². The standard InChI is InChI=1S/C18H28O3/c1-4-9-16-13(5-2)12-15(18(19)20-3)17(21-16)14-10-7-6-8-11-14/h12,14,16H,4-11H2,1-3H3. The number of carbonyl (C=O) groups excluding carboxylic acids is 1. The number of hydrogen-bond donors (Lipinski definition) is 0. The van der Waals surface area contributed by atoms with Crippen molar-refractivity contribution in [2.45, 2.75) is 71.3 Å². The fourth-order valence-corrected chi connectivity index (χ4v) is 3.43. The molecule has 1 aliphatic heterocycles. The Kier molecular flexibility index (Phi) is 5.89. The van der Waals surface area contributed by atoms with Gasteiger partial charge in [-0.05, 0) is 37.3 Å². The number of allylic oxidation sites excluding steroid dienone is 1. The molecule has 0 amide bonds. The molecule has 0 aromatic carbocycles. The zero-order valence-corrected chi connectivity index (χ0v) is 13.6. The van der Waals surface area contributed by atoms with E-state index >= 15 is 0 Å². The Hall–Kier alpha value is -1.25. The fraction of sp³-hybridized carbons (Fsp3) is 0.722. The third kappa shape index (κ3) is 3.69. The first-order valence-electron chi connectivity index (χ1n) is 8.40. The summed E-state index contributed by atoms with van der Waals surface area (Å²) in [7, 11) is 1.45. The monoisotopic (exact) mass is 292 g/mol. The third-order valence-corrected chi connectivity index (χ3v) is 4.62. The molecule has 21 heavy (non-hydrogen) atoms. The van der Waals surface area contributed by atoms with Crippen molar-refractivity contribution < 1.29 is 14.3 Å². The molecule has 3 heteroatoms. The maximum atomic E-state index is 12.1. The van der Waals surface area contributed by atoms with Crippen molar-refractivity contribution in [3.63, 3.8) is 0 Å². The fourth-order valence-electron chi connectivity index (χ4n) is 3.43. The van der Waals surface area contributed by atoms with Gasteiger partial charge in [-0.15, -0.1) is 0 Å². The molecule has 118 valence electrons. The summed E-state index contributed by atoms with van der Waals surface area (Å²) in [6, 6.07) is 0. The third-order valence-electron chi connectivity index (χ3n) is 4.62. The molecule has 0 saturated heterocycles. The molecular weight excluding hydrogens is 264 g/mol. The van der Waals surface area contributed by atoms with E-state index in [1.807, 2.05) is 6.08 Å². The van der Waals surface area contributed by atoms with E-state index in [1.54, 1.807) is 0 Å². The van der Waals surface area contributed by atoms with Crippen LogP contribution in [0.1, 0.15) is 65.2 Å². The van der Waals surface area contributed by atoms with Crippen molar-refractivity contribution in [2.24, 2.45) is 5.92 Å². The van der Waals surface area contributed by atoms with Crippen LogP contribution < -0.4 is 0 Å². The van der Waals surface area contributed by atoms with Gasteiger partial charge in [0.2, 0.25) is 0 Å². The average Bonchev–Trinajstić information content (AvgIpc) is 2.54. The second-order valence-corrected chi connectivity index (χ2v) is 6.07. The summed E-state index contributed by atoms with van der Waals surface area (Å²) in [6.07, 6.45) is 11.2. The van der Waals surface area contributed by atoms with Gasteiger partial charge < -0.3 is 9.47 Å². The molecule has 2 aliphatic rings. The van der Waals surface area contributed by atoms with Crippen molar-refractivity contribution in [3.05, 3.63) is 23.0 Å². The normalized spacial score (nSPS) is 23.6. The molecule has 0 bridgehead atoms. The Bertz CT molecular complexity index is 428. The number of carbonyl (C=O) groups is 1. The van der Waals surface area contributed by atoms with Crippen molar-refractivity contribution in [2.75, 3.05) is 7.11 Å². The predicted molar refractivity (Wildman–Crippen MR) is 83.8 cm³/mol. The van der Waals surface area contributed by atoms with Crippen LogP contribution >= 0.6 is 0 Å². The molecule has 0 N–H and O–H groups in total. The summed E-state index contributed by atoms with van der Waals surface area (Å²) < 4.78 is 11.3. The van der Waals surface area contributed by atoms with E-state index in [0.29, 0.717) is 11.5 Å². The molecule has 0 aromatic rings. The highest BCUT2D eigenvalue weighted by molar-refractivity contribution is 5.92. The summed E-state index contributed by atoms with van der Waals surface area (Å²) in [5.41, 5.74) is 1.88. The smallest absolute Gasteiger partial charge is 0.341 e. The lowest BCUT2D eigenvalue weighted by Crippen LogP contribution is -2.27. The molecule has 1 saturated carbocycles. The molecule has 2 rings (SSSR count). The van der Waals surface area contributed by atoms with Crippen molar-refractivity contribution in [1.82, 2.24) is 0 Å². The summed E-state index contributed by atoms with van der Waals surface area (Å²) in [5.74, 6) is 1.04. The van der Waals surface area contributed by atoms with Crippen LogP contribution in [-0.4, -0.2) is 19.2 Å². The maximum absolute atomic E-state index is 12.1. The van der Waals surface area contributed by atoms with Gasteiger partial charge in [-0.3, -0.25) is 0 Å². The Morgan fingerprint density at radius 3 is 2.57 bits per heavy atom. The van der Waals surface area contributed by atoms with Gasteiger partial charge in [-0.1, -0.05) is 39.5 Å². The largest absolute Gasteiger partial charge is 0.489 e. The zero-order valence-electron chi connectivity index (χ0n) is 13.6. The number of rotatable bonds is 5. The number of esters is 1. The van der Waals surface area contributed by atoms with Gasteiger partial charge in [0, 0.05) is 5.92 Å². The maximum Gasteiger partial charge on any atom is 0.341 e. The summed E-state index contributed by atoms with van der Waals surface area (Å²) in [5, 5.41) is 0. The van der Waals surface area contributed by atoms with E-state index in [0.717, 1.165) is 37.9 Å². The van der Waals surface area contributed by atoms with Crippen LogP contribution in [0.4, 0.5) is 0 Å². The van der Waals surface area contributed by atoms with Gasteiger partial charge >= 0.3 is 5.97 Å². The highest BCUT2D eigenvalue weighted by Crippen LogP contribution is 2.38. The summed E-state index contributed by atoms with van der Waals surface area (Å²) in [6.45, 7) is 4.30. The van der Waals surface area contributed by atoms with Gasteiger partial charge in [0.25, 0.3) is 0 Å². The van der Waals surface area contributed by atoms with E-state index in [1.165, 1.54) is 31.9 Å².